The average molecular weight is 501 g/mol. The molecule has 0 spiro atoms. The molecule has 36 heavy (non-hydrogen) atoms. The Balaban J connectivity index is 1.49. The smallest absolute Gasteiger partial charge is 0.262 e. The van der Waals surface area contributed by atoms with E-state index in [0.29, 0.717) is 18.4 Å². The molecular weight excluding hydrogens is 464 g/mol. The first-order chi connectivity index (χ1) is 17.5. The average Bonchev–Trinajstić information content (AvgIpc) is 3.18. The number of hydrogen-bond acceptors (Lipinski definition) is 4. The van der Waals surface area contributed by atoms with Crippen molar-refractivity contribution in [3.8, 4) is 5.75 Å². The van der Waals surface area contributed by atoms with E-state index in [-0.39, 0.29) is 17.4 Å². The highest BCUT2D eigenvalue weighted by molar-refractivity contribution is 8.05. The molecule has 1 aliphatic carbocycles. The Morgan fingerprint density at radius 3 is 2.47 bits per heavy atom. The van der Waals surface area contributed by atoms with E-state index in [2.05, 4.69) is 73.5 Å². The monoisotopic (exact) mass is 500 g/mol. The maximum absolute atomic E-state index is 13.9. The minimum atomic E-state index is -0.114. The maximum atomic E-state index is 13.9. The number of nitrogens with zero attached hydrogens (tertiary/aromatic N) is 1. The molecule has 1 unspecified atom stereocenters. The highest BCUT2D eigenvalue weighted by Gasteiger charge is 2.42. The predicted molar refractivity (Wildman–Crippen MR) is 152 cm³/mol. The molecule has 4 nitrogen and oxygen atoms in total. The topological polar surface area (TPSA) is 41.6 Å². The number of carbonyl (C=O) groups is 1. The van der Waals surface area contributed by atoms with Gasteiger partial charge in [0.05, 0.1) is 11.5 Å². The zero-order valence-corrected chi connectivity index (χ0v) is 22.3. The second kappa shape index (κ2) is 11.0. The lowest BCUT2D eigenvalue weighted by Gasteiger charge is -2.39. The molecule has 1 amide bonds. The number of anilines is 1. The molecule has 188 valence electrons. The van der Waals surface area contributed by atoms with Gasteiger partial charge in [-0.3, -0.25) is 4.79 Å². The summed E-state index contributed by atoms with van der Waals surface area (Å²) in [4.78, 5) is 16.8. The number of nitrogens with one attached hydrogen (secondary N) is 1. The van der Waals surface area contributed by atoms with Crippen LogP contribution in [0, 0.1) is 11.8 Å². The molecule has 1 saturated carbocycles. The third kappa shape index (κ3) is 5.27. The van der Waals surface area contributed by atoms with E-state index in [9.17, 15) is 4.79 Å². The van der Waals surface area contributed by atoms with Crippen molar-refractivity contribution in [3.05, 3.63) is 77.2 Å². The maximum Gasteiger partial charge on any atom is 0.262 e. The largest absolute Gasteiger partial charge is 0.493 e. The standard InChI is InChI=1S/C31H36N2O2S/c1-21(2)20-35-28-18-17-23(25-14-8-9-15-26(25)28)19-29-30(34)33(27-16-10-7-11-22(27)3)31(36-29)32-24-12-5-4-6-13-24/h4-6,8-9,12-15,17-19,21-22,27,31-32H,7,10-11,16,20H2,1-3H3/b29-19-/t22-,27-,31?/m0/s1. The molecule has 1 heterocycles. The van der Waals surface area contributed by atoms with Crippen LogP contribution >= 0.6 is 11.8 Å². The number of carbonyl (C=O) groups excluding carboxylic acids is 1. The van der Waals surface area contributed by atoms with E-state index in [0.717, 1.165) is 39.1 Å². The van der Waals surface area contributed by atoms with Crippen LogP contribution in [-0.4, -0.2) is 29.0 Å². The van der Waals surface area contributed by atoms with Crippen molar-refractivity contribution in [2.75, 3.05) is 11.9 Å². The normalized spacial score (nSPS) is 23.6. The van der Waals surface area contributed by atoms with Gasteiger partial charge in [0, 0.05) is 17.1 Å². The number of fused-ring (bicyclic) bond motifs is 1. The minimum absolute atomic E-state index is 0.114. The second-order valence-corrected chi connectivity index (χ2v) is 11.6. The van der Waals surface area contributed by atoms with Gasteiger partial charge in [-0.05, 0) is 59.9 Å². The number of para-hydroxylation sites is 1. The van der Waals surface area contributed by atoms with Crippen LogP contribution < -0.4 is 10.1 Å². The summed E-state index contributed by atoms with van der Waals surface area (Å²) in [5.41, 5.74) is 1.97. The summed E-state index contributed by atoms with van der Waals surface area (Å²) in [7, 11) is 0. The van der Waals surface area contributed by atoms with Crippen molar-refractivity contribution in [1.29, 1.82) is 0 Å². The Kier molecular flexibility index (Phi) is 7.56. The van der Waals surface area contributed by atoms with Crippen LogP contribution in [0.1, 0.15) is 52.0 Å². The first kappa shape index (κ1) is 24.8. The minimum Gasteiger partial charge on any atom is -0.493 e. The van der Waals surface area contributed by atoms with E-state index in [1.54, 1.807) is 11.8 Å². The number of rotatable bonds is 7. The molecule has 3 aromatic rings. The van der Waals surface area contributed by atoms with Crippen LogP contribution in [0.5, 0.6) is 5.75 Å². The lowest BCUT2D eigenvalue weighted by molar-refractivity contribution is -0.129. The second-order valence-electron chi connectivity index (χ2n) is 10.4. The van der Waals surface area contributed by atoms with Gasteiger partial charge in [-0.1, -0.05) is 93.9 Å². The molecule has 1 N–H and O–H groups in total. The summed E-state index contributed by atoms with van der Waals surface area (Å²) in [6, 6.07) is 22.9. The molecule has 1 saturated heterocycles. The van der Waals surface area contributed by atoms with Crippen LogP contribution in [0.15, 0.2) is 71.6 Å². The molecule has 5 heteroatoms. The van der Waals surface area contributed by atoms with Gasteiger partial charge in [0.15, 0.2) is 5.50 Å². The lowest BCUT2D eigenvalue weighted by atomic mass is 9.85. The van der Waals surface area contributed by atoms with Crippen LogP contribution in [-0.2, 0) is 4.79 Å². The Morgan fingerprint density at radius 1 is 1.00 bits per heavy atom. The van der Waals surface area contributed by atoms with Crippen molar-refractivity contribution in [3.63, 3.8) is 0 Å². The Hall–Kier alpha value is -2.92. The van der Waals surface area contributed by atoms with E-state index >= 15 is 0 Å². The summed E-state index contributed by atoms with van der Waals surface area (Å²) < 4.78 is 6.11. The van der Waals surface area contributed by atoms with Crippen LogP contribution in [0.3, 0.4) is 0 Å². The fourth-order valence-corrected chi connectivity index (χ4v) is 6.51. The quantitative estimate of drug-likeness (QED) is 0.337. The summed E-state index contributed by atoms with van der Waals surface area (Å²) in [5.74, 6) is 1.99. The molecule has 3 atom stereocenters. The molecule has 0 aromatic heterocycles. The fraction of sp³-hybridized carbons (Fsp3) is 0.387. The molecule has 1 aliphatic heterocycles. The SMILES string of the molecule is CC(C)COc1ccc(/C=C2\SC(Nc3ccccc3)N([C@H]3CCCC[C@@H]3C)C2=O)c2ccccc12. The molecule has 3 aromatic carbocycles. The molecule has 0 radical (unpaired) electrons. The van der Waals surface area contributed by atoms with Crippen LogP contribution in [0.25, 0.3) is 16.8 Å². The van der Waals surface area contributed by atoms with Gasteiger partial charge >= 0.3 is 0 Å². The number of ether oxygens (including phenoxy) is 1. The van der Waals surface area contributed by atoms with Crippen LogP contribution in [0.2, 0.25) is 0 Å². The lowest BCUT2D eigenvalue weighted by Crippen LogP contribution is -2.48. The molecule has 2 fully saturated rings. The van der Waals surface area contributed by atoms with E-state index in [4.69, 9.17) is 4.74 Å². The Bertz CT molecular complexity index is 1240. The Morgan fingerprint density at radius 2 is 1.72 bits per heavy atom. The molecule has 5 rings (SSSR count). The molecular formula is C31H36N2O2S. The van der Waals surface area contributed by atoms with Gasteiger partial charge in [-0.25, -0.2) is 0 Å². The van der Waals surface area contributed by atoms with Gasteiger partial charge in [0.25, 0.3) is 5.91 Å². The van der Waals surface area contributed by atoms with Gasteiger partial charge in [-0.2, -0.15) is 0 Å². The van der Waals surface area contributed by atoms with Crippen molar-refractivity contribution in [2.45, 2.75) is 58.0 Å². The number of amides is 1. The summed E-state index contributed by atoms with van der Waals surface area (Å²) >= 11 is 1.63. The summed E-state index contributed by atoms with van der Waals surface area (Å²) in [5, 5.41) is 5.83. The highest BCUT2D eigenvalue weighted by Crippen LogP contribution is 2.43. The number of thioether (sulfide) groups is 1. The zero-order valence-electron chi connectivity index (χ0n) is 21.4. The van der Waals surface area contributed by atoms with Crippen molar-refractivity contribution < 1.29 is 9.53 Å². The van der Waals surface area contributed by atoms with Gasteiger partial charge in [-0.15, -0.1) is 0 Å². The summed E-state index contributed by atoms with van der Waals surface area (Å²) in [6.45, 7) is 7.29. The number of benzene rings is 3. The number of hydrogen-bond donors (Lipinski definition) is 1. The third-order valence-electron chi connectivity index (χ3n) is 7.20. The zero-order chi connectivity index (χ0) is 25.1. The third-order valence-corrected chi connectivity index (χ3v) is 8.32. The fourth-order valence-electron chi connectivity index (χ4n) is 5.31. The van der Waals surface area contributed by atoms with Gasteiger partial charge in [0.2, 0.25) is 0 Å². The van der Waals surface area contributed by atoms with Crippen molar-refractivity contribution in [2.24, 2.45) is 11.8 Å². The highest BCUT2D eigenvalue weighted by atomic mass is 32.2. The van der Waals surface area contributed by atoms with Crippen molar-refractivity contribution >= 4 is 40.2 Å². The predicted octanol–water partition coefficient (Wildman–Crippen LogP) is 7.77. The molecule has 2 aliphatic rings. The van der Waals surface area contributed by atoms with Crippen LogP contribution in [0.4, 0.5) is 5.69 Å². The van der Waals surface area contributed by atoms with E-state index in [1.807, 2.05) is 30.3 Å². The van der Waals surface area contributed by atoms with E-state index < -0.39 is 0 Å². The van der Waals surface area contributed by atoms with Gasteiger partial charge < -0.3 is 15.0 Å². The van der Waals surface area contributed by atoms with Gasteiger partial charge in [0.1, 0.15) is 5.75 Å². The first-order valence-electron chi connectivity index (χ1n) is 13.2. The first-order valence-corrected chi connectivity index (χ1v) is 14.1. The molecule has 0 bridgehead atoms. The van der Waals surface area contributed by atoms with Crippen molar-refractivity contribution in [1.82, 2.24) is 4.90 Å². The van der Waals surface area contributed by atoms with E-state index in [1.165, 1.54) is 19.3 Å². The Labute approximate surface area is 219 Å². The summed E-state index contributed by atoms with van der Waals surface area (Å²) in [6.07, 6.45) is 6.76.